The highest BCUT2D eigenvalue weighted by atomic mass is 35.5. The molecule has 0 radical (unpaired) electrons. The van der Waals surface area contributed by atoms with Crippen LogP contribution in [-0.4, -0.2) is 46.3 Å². The largest absolute Gasteiger partial charge is 0.506 e. The molecule has 1 aromatic heterocycles. The topological polar surface area (TPSA) is 262 Å². The van der Waals surface area contributed by atoms with E-state index in [4.69, 9.17) is 16.9 Å². The fourth-order valence-corrected chi connectivity index (χ4v) is 7.47. The molecule has 0 aliphatic carbocycles. The predicted molar refractivity (Wildman–Crippen MR) is 171 cm³/mol. The van der Waals surface area contributed by atoms with Crippen molar-refractivity contribution in [1.29, 1.82) is 0 Å². The first-order chi connectivity index (χ1) is 22.5. The van der Waals surface area contributed by atoms with Crippen LogP contribution in [0.5, 0.6) is 5.75 Å². The van der Waals surface area contributed by atoms with Crippen molar-refractivity contribution in [3.05, 3.63) is 88.4 Å². The lowest BCUT2D eigenvalue weighted by atomic mass is 9.99. The Morgan fingerprint density at radius 1 is 0.646 bits per heavy atom. The van der Waals surface area contributed by atoms with Crippen molar-refractivity contribution in [3.63, 3.8) is 0 Å². The molecule has 0 amide bonds. The molecule has 20 heteroatoms. The number of aromatic hydroxyl groups is 1. The summed E-state index contributed by atoms with van der Waals surface area (Å²) >= 11 is 6.76. The van der Waals surface area contributed by atoms with Crippen molar-refractivity contribution in [3.8, 4) is 5.75 Å². The summed E-state index contributed by atoms with van der Waals surface area (Å²) in [5.74, 6) is -0.779. The maximum atomic E-state index is 14.0. The van der Waals surface area contributed by atoms with Crippen molar-refractivity contribution in [2.45, 2.75) is 14.7 Å². The number of rotatable bonds is 5. The molecule has 0 saturated heterocycles. The molecular weight excluding hydrogens is 720 g/mol. The monoisotopic (exact) mass is 730 g/mol. The number of hydrogen-bond donors (Lipinski definition) is 4. The van der Waals surface area contributed by atoms with E-state index < -0.39 is 101 Å². The van der Waals surface area contributed by atoms with Crippen LogP contribution in [0.2, 0.25) is 5.02 Å². The number of halogens is 1. The van der Waals surface area contributed by atoms with Crippen LogP contribution in [0.25, 0.3) is 65.2 Å². The van der Waals surface area contributed by atoms with Gasteiger partial charge in [-0.3, -0.25) is 28.3 Å². The standard InChI is InChI=1S/C28H11ClN2O14S3/c29-14-6-12-17(26(34)11-5-8(47(38,39)40)1-2-9(11)24(12)32)22-20(14)30-23-18-13(7-16(21(23)31-22)48(41,42)43)25(33)10-3-4-15(46-45-44-37)27(35)19(10)28(18)36/h1-7,35,37H,(H,38,39,40)(H,41,42,43). The molecule has 0 unspecified atom stereocenters. The van der Waals surface area contributed by atoms with E-state index in [-0.39, 0.29) is 43.6 Å². The summed E-state index contributed by atoms with van der Waals surface area (Å²) in [4.78, 5) is 61.5. The van der Waals surface area contributed by atoms with Crippen LogP contribution in [0.3, 0.4) is 0 Å². The lowest BCUT2D eigenvalue weighted by molar-refractivity contribution is -0.432. The van der Waals surface area contributed by atoms with Crippen molar-refractivity contribution in [1.82, 2.24) is 9.97 Å². The molecule has 242 valence electrons. The van der Waals surface area contributed by atoms with E-state index in [0.717, 1.165) is 36.4 Å². The van der Waals surface area contributed by atoms with Gasteiger partial charge in [0.15, 0.2) is 16.3 Å². The Morgan fingerprint density at radius 2 is 1.25 bits per heavy atom. The smallest absolute Gasteiger partial charge is 0.296 e. The Bertz CT molecular complexity index is 3110. The zero-order valence-electron chi connectivity index (χ0n) is 22.9. The number of nitrogens with zero attached hydrogens (tertiary/aromatic N) is 2. The van der Waals surface area contributed by atoms with E-state index in [2.05, 4.69) is 19.3 Å². The summed E-state index contributed by atoms with van der Waals surface area (Å²) in [5.41, 5.74) is -6.04. The quantitative estimate of drug-likeness (QED) is 0.0495. The highest BCUT2D eigenvalue weighted by Crippen LogP contribution is 2.37. The molecule has 0 aliphatic heterocycles. The zero-order valence-corrected chi connectivity index (χ0v) is 26.1. The molecule has 0 spiro atoms. The number of aromatic nitrogens is 2. The summed E-state index contributed by atoms with van der Waals surface area (Å²) < 4.78 is 72.8. The van der Waals surface area contributed by atoms with E-state index in [0.29, 0.717) is 6.07 Å². The van der Waals surface area contributed by atoms with Crippen LogP contribution in [0, 0.1) is 0 Å². The van der Waals surface area contributed by atoms with Crippen LogP contribution in [0.1, 0.15) is 0 Å². The van der Waals surface area contributed by atoms with Gasteiger partial charge in [-0.25, -0.2) is 15.2 Å². The molecule has 1 heterocycles. The number of fused-ring (bicyclic) bond motifs is 8. The molecule has 0 saturated carbocycles. The van der Waals surface area contributed by atoms with Crippen LogP contribution in [0.15, 0.2) is 76.3 Å². The minimum atomic E-state index is -5.25. The summed E-state index contributed by atoms with van der Waals surface area (Å²) in [6.07, 6.45) is 0. The second-order valence-corrected chi connectivity index (χ2v) is 14.2. The van der Waals surface area contributed by atoms with Gasteiger partial charge in [0.2, 0.25) is 5.43 Å². The third-order valence-electron chi connectivity index (χ3n) is 7.68. The zero-order chi connectivity index (χ0) is 34.6. The van der Waals surface area contributed by atoms with Gasteiger partial charge in [-0.05, 0) is 42.5 Å². The van der Waals surface area contributed by atoms with Gasteiger partial charge in [0.25, 0.3) is 20.2 Å². The minimum Gasteiger partial charge on any atom is -0.506 e. The van der Waals surface area contributed by atoms with Gasteiger partial charge in [0, 0.05) is 26.9 Å². The lowest BCUT2D eigenvalue weighted by Crippen LogP contribution is -2.17. The Balaban J connectivity index is 1.73. The van der Waals surface area contributed by atoms with Crippen LogP contribution < -0.4 is 21.7 Å². The summed E-state index contributed by atoms with van der Waals surface area (Å²) in [7, 11) is -10.1. The Labute approximate surface area is 272 Å². The summed E-state index contributed by atoms with van der Waals surface area (Å²) in [5, 5.41) is 19.0. The molecule has 7 aromatic rings. The van der Waals surface area contributed by atoms with Gasteiger partial charge in [-0.15, -0.1) is 4.33 Å². The fourth-order valence-electron chi connectivity index (χ4n) is 5.66. The third-order valence-corrected chi connectivity index (χ3v) is 10.3. The molecule has 0 aliphatic rings. The van der Waals surface area contributed by atoms with Crippen LogP contribution in [0.4, 0.5) is 0 Å². The number of phenolic OH excluding ortho intramolecular Hbond substituents is 1. The number of hydrogen-bond acceptors (Lipinski definition) is 15. The van der Waals surface area contributed by atoms with Crippen molar-refractivity contribution >= 4 is 109 Å². The third kappa shape index (κ3) is 4.56. The van der Waals surface area contributed by atoms with E-state index >= 15 is 0 Å². The first kappa shape index (κ1) is 31.9. The second-order valence-electron chi connectivity index (χ2n) is 10.2. The average Bonchev–Trinajstić information content (AvgIpc) is 3.02. The molecule has 6 aromatic carbocycles. The first-order valence-corrected chi connectivity index (χ1v) is 16.8. The van der Waals surface area contributed by atoms with E-state index in [9.17, 15) is 50.2 Å². The highest BCUT2D eigenvalue weighted by Gasteiger charge is 2.27. The van der Waals surface area contributed by atoms with Crippen LogP contribution in [-0.2, 0) is 29.6 Å². The lowest BCUT2D eigenvalue weighted by Gasteiger charge is -2.12. The predicted octanol–water partition coefficient (Wildman–Crippen LogP) is 2.99. The van der Waals surface area contributed by atoms with Gasteiger partial charge in [0.1, 0.15) is 32.7 Å². The van der Waals surface area contributed by atoms with Crippen molar-refractivity contribution < 1.29 is 45.7 Å². The van der Waals surface area contributed by atoms with E-state index in [1.54, 1.807) is 0 Å². The van der Waals surface area contributed by atoms with Crippen molar-refractivity contribution in [2.24, 2.45) is 0 Å². The highest BCUT2D eigenvalue weighted by molar-refractivity contribution is 7.94. The van der Waals surface area contributed by atoms with E-state index in [1.165, 1.54) is 0 Å². The fraction of sp³-hybridized carbons (Fsp3) is 0. The van der Waals surface area contributed by atoms with Gasteiger partial charge < -0.3 is 5.11 Å². The molecule has 48 heavy (non-hydrogen) atoms. The number of phenols is 1. The summed E-state index contributed by atoms with van der Waals surface area (Å²) in [6, 6.07) is 6.66. The van der Waals surface area contributed by atoms with E-state index in [1.807, 2.05) is 0 Å². The maximum Gasteiger partial charge on any atom is 0.296 e. The van der Waals surface area contributed by atoms with Gasteiger partial charge >= 0.3 is 0 Å². The normalized spacial score (nSPS) is 12.8. The van der Waals surface area contributed by atoms with Crippen LogP contribution >= 0.6 is 23.6 Å². The van der Waals surface area contributed by atoms with Gasteiger partial charge in [0.05, 0.1) is 43.0 Å². The van der Waals surface area contributed by atoms with Gasteiger partial charge in [-0.1, -0.05) is 16.6 Å². The molecule has 4 N–H and O–H groups in total. The maximum absolute atomic E-state index is 14.0. The molecule has 0 atom stereocenters. The SMILES string of the molecule is O=c1c2ccc(S(=O)(=O)O)cc2c(=O)c2c1cc(Cl)c1nc3c(nc12)c(S(=O)(=O)O)cc1c(=O)c2ccc(SOOO)c(O)c2c(=O)c13. The Hall–Kier alpha value is -4.70. The molecule has 7 rings (SSSR count). The Morgan fingerprint density at radius 3 is 1.92 bits per heavy atom. The minimum absolute atomic E-state index is 0.182. The number of benzene rings is 6. The molecule has 0 bridgehead atoms. The molecular formula is C28H11ClN2O14S3. The first-order valence-electron chi connectivity index (χ1n) is 12.8. The molecule has 0 fully saturated rings. The molecule has 16 nitrogen and oxygen atoms in total. The van der Waals surface area contributed by atoms with Gasteiger partial charge in [-0.2, -0.15) is 16.8 Å². The summed E-state index contributed by atoms with van der Waals surface area (Å²) in [6.45, 7) is 0. The Kier molecular flexibility index (Phi) is 7.07. The average molecular weight is 731 g/mol. The second kappa shape index (κ2) is 10.7. The van der Waals surface area contributed by atoms with Crippen molar-refractivity contribution in [2.75, 3.05) is 0 Å².